The van der Waals surface area contributed by atoms with Crippen LogP contribution in [0.2, 0.25) is 0 Å². The third-order valence-electron chi connectivity index (χ3n) is 2.64. The van der Waals surface area contributed by atoms with Gasteiger partial charge in [0, 0.05) is 0 Å². The third-order valence-corrected chi connectivity index (χ3v) is 2.64. The van der Waals surface area contributed by atoms with Crippen LogP contribution in [0.3, 0.4) is 0 Å². The van der Waals surface area contributed by atoms with Gasteiger partial charge in [-0.25, -0.2) is 0 Å². The van der Waals surface area contributed by atoms with Gasteiger partial charge in [0.1, 0.15) is 0 Å². The van der Waals surface area contributed by atoms with Gasteiger partial charge in [0.15, 0.2) is 0 Å². The van der Waals surface area contributed by atoms with Gasteiger partial charge in [0.05, 0.1) is 5.92 Å². The second-order valence-corrected chi connectivity index (χ2v) is 3.64. The fourth-order valence-corrected chi connectivity index (χ4v) is 1.96. The molecule has 0 heterocycles. The van der Waals surface area contributed by atoms with Crippen LogP contribution < -0.4 is 0 Å². The summed E-state index contributed by atoms with van der Waals surface area (Å²) < 4.78 is 37.4. The Kier molecular flexibility index (Phi) is 3.40. The smallest absolute Gasteiger partial charge is 0.171 e. The molecular weight excluding hydrogens is 177 g/mol. The van der Waals surface area contributed by atoms with Crippen LogP contribution in [0.25, 0.3) is 0 Å². The molecule has 0 nitrogen and oxygen atoms in total. The molecule has 2 unspecified atom stereocenters. The van der Waals surface area contributed by atoms with E-state index >= 15 is 0 Å². The van der Waals surface area contributed by atoms with E-state index in [1.54, 1.807) is 6.08 Å². The van der Waals surface area contributed by atoms with E-state index < -0.39 is 12.1 Å². The molecule has 0 amide bonds. The minimum absolute atomic E-state index is 0.175. The summed E-state index contributed by atoms with van der Waals surface area (Å²) in [5.74, 6) is -1.28. The largest absolute Gasteiger partial charge is 0.392 e. The molecule has 0 fully saturated rings. The molecule has 0 N–H and O–H groups in total. The van der Waals surface area contributed by atoms with Gasteiger partial charge < -0.3 is 0 Å². The fraction of sp³-hybridized carbons (Fsp3) is 0.800. The fourth-order valence-electron chi connectivity index (χ4n) is 1.96. The Morgan fingerprint density at radius 3 is 2.38 bits per heavy atom. The monoisotopic (exact) mass is 192 g/mol. The van der Waals surface area contributed by atoms with Gasteiger partial charge in [-0.05, 0) is 25.2 Å². The van der Waals surface area contributed by atoms with E-state index in [1.807, 2.05) is 13.0 Å². The number of rotatable bonds is 2. The van der Waals surface area contributed by atoms with Gasteiger partial charge in [-0.2, -0.15) is 13.2 Å². The minimum Gasteiger partial charge on any atom is -0.171 e. The molecule has 0 aromatic rings. The average Bonchev–Trinajstić information content (AvgIpc) is 2.04. The normalized spacial score (nSPS) is 29.2. The molecule has 1 aliphatic rings. The van der Waals surface area contributed by atoms with Gasteiger partial charge in [0.2, 0.25) is 0 Å². The van der Waals surface area contributed by atoms with E-state index in [2.05, 4.69) is 0 Å². The van der Waals surface area contributed by atoms with Crippen molar-refractivity contribution in [2.24, 2.45) is 11.8 Å². The molecule has 3 heteroatoms. The lowest BCUT2D eigenvalue weighted by atomic mass is 9.80. The summed E-state index contributed by atoms with van der Waals surface area (Å²) >= 11 is 0. The zero-order chi connectivity index (χ0) is 9.90. The van der Waals surface area contributed by atoms with Gasteiger partial charge >= 0.3 is 6.18 Å². The van der Waals surface area contributed by atoms with Gasteiger partial charge in [-0.15, -0.1) is 0 Å². The van der Waals surface area contributed by atoms with Crippen LogP contribution in [0.5, 0.6) is 0 Å². The van der Waals surface area contributed by atoms with E-state index in [4.69, 9.17) is 0 Å². The lowest BCUT2D eigenvalue weighted by Crippen LogP contribution is -2.31. The zero-order valence-electron chi connectivity index (χ0n) is 7.77. The quantitative estimate of drug-likeness (QED) is 0.581. The first-order valence-corrected chi connectivity index (χ1v) is 4.77. The van der Waals surface area contributed by atoms with Gasteiger partial charge in [0.25, 0.3) is 0 Å². The van der Waals surface area contributed by atoms with Crippen molar-refractivity contribution in [3.8, 4) is 0 Å². The number of allylic oxidation sites excluding steroid dienone is 2. The summed E-state index contributed by atoms with van der Waals surface area (Å²) in [6.45, 7) is 1.94. The van der Waals surface area contributed by atoms with Crippen LogP contribution in [0.15, 0.2) is 12.2 Å². The highest BCUT2D eigenvalue weighted by molar-refractivity contribution is 4.96. The highest BCUT2D eigenvalue weighted by atomic mass is 19.4. The van der Waals surface area contributed by atoms with E-state index in [1.165, 1.54) is 0 Å². The lowest BCUT2D eigenvalue weighted by Gasteiger charge is -2.29. The predicted molar refractivity (Wildman–Crippen MR) is 46.3 cm³/mol. The van der Waals surface area contributed by atoms with Crippen molar-refractivity contribution in [1.82, 2.24) is 0 Å². The summed E-state index contributed by atoms with van der Waals surface area (Å²) in [5.41, 5.74) is 0. The van der Waals surface area contributed by atoms with Gasteiger partial charge in [-0.3, -0.25) is 0 Å². The first kappa shape index (κ1) is 10.6. The molecule has 2 atom stereocenters. The Hall–Kier alpha value is -0.470. The predicted octanol–water partition coefficient (Wildman–Crippen LogP) is 3.93. The first-order chi connectivity index (χ1) is 6.05. The molecule has 1 rings (SSSR count). The Balaban J connectivity index is 2.64. The van der Waals surface area contributed by atoms with Gasteiger partial charge in [-0.1, -0.05) is 25.5 Å². The maximum absolute atomic E-state index is 12.5. The number of hydrogen-bond donors (Lipinski definition) is 0. The van der Waals surface area contributed by atoms with Crippen LogP contribution in [-0.4, -0.2) is 6.18 Å². The molecule has 0 saturated heterocycles. The van der Waals surface area contributed by atoms with Crippen molar-refractivity contribution >= 4 is 0 Å². The molecule has 13 heavy (non-hydrogen) atoms. The minimum atomic E-state index is -4.01. The molecule has 0 bridgehead atoms. The summed E-state index contributed by atoms with van der Waals surface area (Å²) in [4.78, 5) is 0. The zero-order valence-corrected chi connectivity index (χ0v) is 7.77. The van der Waals surface area contributed by atoms with Crippen LogP contribution in [0.4, 0.5) is 13.2 Å². The molecule has 0 aromatic carbocycles. The SMILES string of the molecule is CCCC1CC=CCC1C(F)(F)F. The maximum Gasteiger partial charge on any atom is 0.392 e. The number of alkyl halides is 3. The van der Waals surface area contributed by atoms with E-state index in [9.17, 15) is 13.2 Å². The Morgan fingerprint density at radius 1 is 1.23 bits per heavy atom. The number of hydrogen-bond acceptors (Lipinski definition) is 0. The molecule has 0 aliphatic heterocycles. The maximum atomic E-state index is 12.5. The van der Waals surface area contributed by atoms with Crippen molar-refractivity contribution in [3.63, 3.8) is 0 Å². The molecule has 0 aromatic heterocycles. The molecule has 0 saturated carbocycles. The molecular formula is C10H15F3. The van der Waals surface area contributed by atoms with E-state index in [-0.39, 0.29) is 12.3 Å². The topological polar surface area (TPSA) is 0 Å². The van der Waals surface area contributed by atoms with Crippen molar-refractivity contribution in [2.45, 2.75) is 38.8 Å². The summed E-state index contributed by atoms with van der Waals surface area (Å²) in [5, 5.41) is 0. The van der Waals surface area contributed by atoms with E-state index in [0.717, 1.165) is 6.42 Å². The molecule has 1 aliphatic carbocycles. The highest BCUT2D eigenvalue weighted by Gasteiger charge is 2.43. The van der Waals surface area contributed by atoms with Crippen LogP contribution in [-0.2, 0) is 0 Å². The van der Waals surface area contributed by atoms with Crippen LogP contribution in [0.1, 0.15) is 32.6 Å². The van der Waals surface area contributed by atoms with E-state index in [0.29, 0.717) is 12.8 Å². The van der Waals surface area contributed by atoms with Crippen LogP contribution in [0, 0.1) is 11.8 Å². The first-order valence-electron chi connectivity index (χ1n) is 4.77. The number of halogens is 3. The molecule has 0 radical (unpaired) electrons. The molecule has 76 valence electrons. The Morgan fingerprint density at radius 2 is 1.85 bits per heavy atom. The molecule has 0 spiro atoms. The summed E-state index contributed by atoms with van der Waals surface area (Å²) in [6.07, 6.45) is 1.82. The van der Waals surface area contributed by atoms with Crippen molar-refractivity contribution < 1.29 is 13.2 Å². The highest BCUT2D eigenvalue weighted by Crippen LogP contribution is 2.40. The second-order valence-electron chi connectivity index (χ2n) is 3.64. The van der Waals surface area contributed by atoms with Crippen molar-refractivity contribution in [2.75, 3.05) is 0 Å². The summed E-state index contributed by atoms with van der Waals surface area (Å²) in [6, 6.07) is 0. The standard InChI is InChI=1S/C10H15F3/c1-2-5-8-6-3-4-7-9(8)10(11,12)13/h3-4,8-9H,2,5-7H2,1H3. The lowest BCUT2D eigenvalue weighted by molar-refractivity contribution is -0.189. The average molecular weight is 192 g/mol. The van der Waals surface area contributed by atoms with Crippen LogP contribution >= 0.6 is 0 Å². The Bertz CT molecular complexity index is 181. The Labute approximate surface area is 76.8 Å². The third kappa shape index (κ3) is 2.75. The van der Waals surface area contributed by atoms with Crippen molar-refractivity contribution in [1.29, 1.82) is 0 Å². The van der Waals surface area contributed by atoms with Crippen molar-refractivity contribution in [3.05, 3.63) is 12.2 Å². The summed E-state index contributed by atoms with van der Waals surface area (Å²) in [7, 11) is 0. The second kappa shape index (κ2) is 4.16.